The Balaban J connectivity index is 1.48. The summed E-state index contributed by atoms with van der Waals surface area (Å²) in [6.07, 6.45) is -11.5. The Morgan fingerprint density at radius 3 is 2.19 bits per heavy atom. The fourth-order valence-corrected chi connectivity index (χ4v) is 6.00. The van der Waals surface area contributed by atoms with E-state index in [1.807, 2.05) is 13.8 Å². The third-order valence-electron chi connectivity index (χ3n) is 8.50. The molecule has 2 fully saturated rings. The molecule has 2 aliphatic rings. The molecule has 0 saturated carbocycles. The highest BCUT2D eigenvalue weighted by molar-refractivity contribution is 6.09. The van der Waals surface area contributed by atoms with Crippen LogP contribution in [0.4, 0.5) is 36.8 Å². The van der Waals surface area contributed by atoms with Crippen LogP contribution >= 0.6 is 0 Å². The van der Waals surface area contributed by atoms with Gasteiger partial charge in [-0.15, -0.1) is 0 Å². The number of alkyl halides is 6. The van der Waals surface area contributed by atoms with Gasteiger partial charge in [0.2, 0.25) is 5.91 Å². The van der Waals surface area contributed by atoms with Gasteiger partial charge in [0.25, 0.3) is 11.5 Å². The Kier molecular flexibility index (Phi) is 9.83. The van der Waals surface area contributed by atoms with Crippen LogP contribution in [0, 0.1) is 0 Å². The average molecular weight is 673 g/mol. The number of urea groups is 1. The first-order chi connectivity index (χ1) is 21.7. The minimum Gasteiger partial charge on any atom is -0.491 e. The number of hydrogen-bond donors (Lipinski definition) is 2. The molecule has 4 amide bonds. The molecule has 2 aromatic carbocycles. The van der Waals surface area contributed by atoms with Crippen molar-refractivity contribution in [3.63, 3.8) is 0 Å². The van der Waals surface area contributed by atoms with Crippen molar-refractivity contribution in [1.82, 2.24) is 15.1 Å². The Labute approximate surface area is 268 Å². The standard InChI is InChI=1S/C32H38F6N4O5/c1-6-7-21-16-23(30(46,31(33,34)35)32(36,37)38)10-13-25(21)41-15-14-40(17-20(41)4)26(43)18-42-27(44)29(5,39-28(42)45)22-8-11-24(12-9-22)47-19(2)3/h8-13,16,19-20,46H,6-7,14-15,17-18H2,1-5H3,(H,39,45)/t20?,29-/m1/s1. The number of anilines is 1. The maximum absolute atomic E-state index is 13.5. The Bertz CT molecular complexity index is 1480. The molecule has 2 heterocycles. The lowest BCUT2D eigenvalue weighted by Crippen LogP contribution is -2.56. The molecule has 0 aromatic heterocycles. The van der Waals surface area contributed by atoms with Crippen molar-refractivity contribution in [3.05, 3.63) is 59.2 Å². The quantitative estimate of drug-likeness (QED) is 0.279. The number of nitrogens with zero attached hydrogens (tertiary/aromatic N) is 3. The monoisotopic (exact) mass is 672 g/mol. The van der Waals surface area contributed by atoms with Crippen LogP contribution in [0.2, 0.25) is 0 Å². The number of piperazine rings is 1. The van der Waals surface area contributed by atoms with Crippen LogP contribution in [-0.2, 0) is 27.1 Å². The first-order valence-corrected chi connectivity index (χ1v) is 15.2. The highest BCUT2D eigenvalue weighted by atomic mass is 19.4. The number of hydrogen-bond acceptors (Lipinski definition) is 6. The zero-order valence-corrected chi connectivity index (χ0v) is 26.6. The maximum Gasteiger partial charge on any atom is 0.430 e. The van der Waals surface area contributed by atoms with Gasteiger partial charge in [0.15, 0.2) is 0 Å². The number of aryl methyl sites for hydroxylation is 1. The number of nitrogens with one attached hydrogen (secondary N) is 1. The van der Waals surface area contributed by atoms with Crippen LogP contribution in [-0.4, -0.2) is 83.4 Å². The van der Waals surface area contributed by atoms with Gasteiger partial charge in [-0.3, -0.25) is 14.5 Å². The van der Waals surface area contributed by atoms with E-state index in [0.29, 0.717) is 29.5 Å². The van der Waals surface area contributed by atoms with Gasteiger partial charge < -0.3 is 25.0 Å². The fourth-order valence-electron chi connectivity index (χ4n) is 6.00. The highest BCUT2D eigenvalue weighted by Gasteiger charge is 2.71. The lowest BCUT2D eigenvalue weighted by Gasteiger charge is -2.42. The van der Waals surface area contributed by atoms with Crippen LogP contribution in [0.1, 0.15) is 57.7 Å². The summed E-state index contributed by atoms with van der Waals surface area (Å²) in [6.45, 7) is 8.61. The largest absolute Gasteiger partial charge is 0.491 e. The fraction of sp³-hybridized carbons (Fsp3) is 0.531. The predicted molar refractivity (Wildman–Crippen MR) is 160 cm³/mol. The van der Waals surface area contributed by atoms with E-state index in [1.165, 1.54) is 4.90 Å². The second-order valence-electron chi connectivity index (χ2n) is 12.3. The van der Waals surface area contributed by atoms with E-state index in [4.69, 9.17) is 4.74 Å². The number of aliphatic hydroxyl groups is 1. The van der Waals surface area contributed by atoms with Gasteiger partial charge in [-0.2, -0.15) is 26.3 Å². The summed E-state index contributed by atoms with van der Waals surface area (Å²) in [5.74, 6) is -0.525. The van der Waals surface area contributed by atoms with Gasteiger partial charge >= 0.3 is 18.4 Å². The molecule has 0 spiro atoms. The van der Waals surface area contributed by atoms with E-state index in [-0.39, 0.29) is 37.7 Å². The number of benzene rings is 2. The summed E-state index contributed by atoms with van der Waals surface area (Å²) in [4.78, 5) is 43.7. The van der Waals surface area contributed by atoms with Crippen molar-refractivity contribution in [2.75, 3.05) is 31.1 Å². The van der Waals surface area contributed by atoms with E-state index in [9.17, 15) is 45.8 Å². The third-order valence-corrected chi connectivity index (χ3v) is 8.50. The van der Waals surface area contributed by atoms with Crippen molar-refractivity contribution in [3.8, 4) is 5.75 Å². The number of halogens is 6. The molecule has 9 nitrogen and oxygen atoms in total. The molecule has 0 radical (unpaired) electrons. The summed E-state index contributed by atoms with van der Waals surface area (Å²) in [5.41, 5.74) is -6.71. The van der Waals surface area contributed by atoms with Gasteiger partial charge in [0.05, 0.1) is 6.10 Å². The SMILES string of the molecule is CCCc1cc(C(O)(C(F)(F)F)C(F)(F)F)ccc1N1CCN(C(=O)CN2C(=O)N[C@](C)(c3ccc(OC(C)C)cc3)C2=O)CC1C. The van der Waals surface area contributed by atoms with Crippen molar-refractivity contribution >= 4 is 23.5 Å². The zero-order chi connectivity index (χ0) is 35.1. The zero-order valence-electron chi connectivity index (χ0n) is 26.6. The van der Waals surface area contributed by atoms with Crippen LogP contribution < -0.4 is 15.0 Å². The first-order valence-electron chi connectivity index (χ1n) is 15.2. The van der Waals surface area contributed by atoms with Gasteiger partial charge in [0.1, 0.15) is 17.8 Å². The summed E-state index contributed by atoms with van der Waals surface area (Å²) >= 11 is 0. The van der Waals surface area contributed by atoms with Crippen LogP contribution in [0.5, 0.6) is 5.75 Å². The molecule has 2 N–H and O–H groups in total. The van der Waals surface area contributed by atoms with E-state index < -0.39 is 59.5 Å². The smallest absolute Gasteiger partial charge is 0.430 e. The predicted octanol–water partition coefficient (Wildman–Crippen LogP) is 5.24. The molecule has 2 saturated heterocycles. The van der Waals surface area contributed by atoms with Crippen molar-refractivity contribution in [2.24, 2.45) is 0 Å². The lowest BCUT2D eigenvalue weighted by atomic mass is 9.89. The molecular formula is C32H38F6N4O5. The summed E-state index contributed by atoms with van der Waals surface area (Å²) in [7, 11) is 0. The normalized spacial score (nSPS) is 21.0. The molecule has 47 heavy (non-hydrogen) atoms. The van der Waals surface area contributed by atoms with E-state index in [0.717, 1.165) is 17.0 Å². The summed E-state index contributed by atoms with van der Waals surface area (Å²) < 4.78 is 86.9. The molecule has 1 unspecified atom stereocenters. The number of carbonyl (C=O) groups excluding carboxylic acids is 3. The molecule has 15 heteroatoms. The molecule has 4 rings (SSSR count). The Morgan fingerprint density at radius 2 is 1.66 bits per heavy atom. The van der Waals surface area contributed by atoms with Crippen molar-refractivity contribution < 1.29 is 50.6 Å². The van der Waals surface area contributed by atoms with Gasteiger partial charge in [0, 0.05) is 36.9 Å². The topological polar surface area (TPSA) is 102 Å². The minimum absolute atomic E-state index is 0.0580. The Hall–Kier alpha value is -4.01. The minimum atomic E-state index is -6.01. The third kappa shape index (κ3) is 6.72. The van der Waals surface area contributed by atoms with Crippen molar-refractivity contribution in [1.29, 1.82) is 0 Å². The molecule has 0 bridgehead atoms. The van der Waals surface area contributed by atoms with Gasteiger partial charge in [-0.25, -0.2) is 4.79 Å². The number of carbonyl (C=O) groups is 3. The highest BCUT2D eigenvalue weighted by Crippen LogP contribution is 2.50. The van der Waals surface area contributed by atoms with Gasteiger partial charge in [-0.1, -0.05) is 37.6 Å². The van der Waals surface area contributed by atoms with E-state index in [1.54, 1.807) is 49.9 Å². The molecular weight excluding hydrogens is 634 g/mol. The molecule has 2 aliphatic heterocycles. The van der Waals surface area contributed by atoms with E-state index >= 15 is 0 Å². The van der Waals surface area contributed by atoms with Gasteiger partial charge in [-0.05, 0) is 63.4 Å². The summed E-state index contributed by atoms with van der Waals surface area (Å²) in [5, 5.41) is 12.6. The first kappa shape index (κ1) is 35.8. The molecule has 258 valence electrons. The van der Waals surface area contributed by atoms with Crippen molar-refractivity contribution in [2.45, 2.75) is 83.1 Å². The average Bonchev–Trinajstić information content (AvgIpc) is 3.19. The number of ether oxygens (including phenoxy) is 1. The van der Waals surface area contributed by atoms with Crippen LogP contribution in [0.25, 0.3) is 0 Å². The number of imide groups is 1. The second kappa shape index (κ2) is 12.9. The summed E-state index contributed by atoms with van der Waals surface area (Å²) in [6, 6.07) is 8.01. The second-order valence-corrected chi connectivity index (χ2v) is 12.3. The lowest BCUT2D eigenvalue weighted by molar-refractivity contribution is -0.376. The Morgan fingerprint density at radius 1 is 1.04 bits per heavy atom. The molecule has 2 atom stereocenters. The maximum atomic E-state index is 13.5. The molecule has 2 aromatic rings. The van der Waals surface area contributed by atoms with E-state index in [2.05, 4.69) is 5.32 Å². The number of rotatable bonds is 9. The van der Waals surface area contributed by atoms with Crippen LogP contribution in [0.15, 0.2) is 42.5 Å². The molecule has 0 aliphatic carbocycles. The number of amides is 4. The van der Waals surface area contributed by atoms with Crippen LogP contribution in [0.3, 0.4) is 0 Å².